The third-order valence-corrected chi connectivity index (χ3v) is 4.08. The van der Waals surface area contributed by atoms with E-state index in [1.165, 1.54) is 25.7 Å². The second-order valence-corrected chi connectivity index (χ2v) is 5.41. The lowest BCUT2D eigenvalue weighted by Crippen LogP contribution is -2.44. The third kappa shape index (κ3) is 2.41. The van der Waals surface area contributed by atoms with Crippen LogP contribution in [0.4, 0.5) is 5.95 Å². The van der Waals surface area contributed by atoms with Gasteiger partial charge >= 0.3 is 0 Å². The smallest absolute Gasteiger partial charge is 0.227 e. The van der Waals surface area contributed by atoms with E-state index >= 15 is 0 Å². The molecule has 100 valence electrons. The minimum absolute atomic E-state index is 0.465. The van der Waals surface area contributed by atoms with Crippen molar-refractivity contribution >= 4 is 5.95 Å². The van der Waals surface area contributed by atoms with Gasteiger partial charge in [-0.3, -0.25) is 0 Å². The normalized spacial score (nSPS) is 26.6. The zero-order valence-electron chi connectivity index (χ0n) is 11.3. The van der Waals surface area contributed by atoms with Gasteiger partial charge in [0.15, 0.2) is 0 Å². The molecule has 0 aromatic carbocycles. The molecule has 2 aliphatic heterocycles. The van der Waals surface area contributed by atoms with Gasteiger partial charge < -0.3 is 10.2 Å². The first-order valence-electron chi connectivity index (χ1n) is 7.04. The average Bonchev–Trinajstić information content (AvgIpc) is 3.08. The molecule has 1 aromatic heterocycles. The molecular weight excluding hydrogens is 238 g/mol. The second-order valence-electron chi connectivity index (χ2n) is 5.41. The fourth-order valence-electron chi connectivity index (χ4n) is 3.24. The highest BCUT2D eigenvalue weighted by atomic mass is 15.3. The number of aryl methyl sites for hydroxylation is 1. The number of anilines is 1. The molecule has 0 bridgehead atoms. The van der Waals surface area contributed by atoms with Crippen molar-refractivity contribution in [2.24, 2.45) is 0 Å². The van der Waals surface area contributed by atoms with Crippen LogP contribution in [0.3, 0.4) is 0 Å². The Bertz CT molecular complexity index is 501. The summed E-state index contributed by atoms with van der Waals surface area (Å²) in [5, 5.41) is 12.6. The summed E-state index contributed by atoms with van der Waals surface area (Å²) in [6.07, 6.45) is 4.87. The first-order valence-corrected chi connectivity index (χ1v) is 7.04. The molecule has 19 heavy (non-hydrogen) atoms. The Morgan fingerprint density at radius 1 is 1.37 bits per heavy atom. The van der Waals surface area contributed by atoms with Gasteiger partial charge in [-0.15, -0.1) is 0 Å². The molecule has 0 saturated carbocycles. The second kappa shape index (κ2) is 5.14. The number of nitriles is 1. The number of hydrogen-bond acceptors (Lipinski definition) is 5. The van der Waals surface area contributed by atoms with Crippen molar-refractivity contribution in [1.29, 1.82) is 5.26 Å². The highest BCUT2D eigenvalue weighted by molar-refractivity contribution is 5.39. The van der Waals surface area contributed by atoms with Crippen molar-refractivity contribution in [2.45, 2.75) is 44.7 Å². The van der Waals surface area contributed by atoms with Crippen LogP contribution in [-0.4, -0.2) is 35.1 Å². The molecule has 0 radical (unpaired) electrons. The predicted octanol–water partition coefficient (Wildman–Crippen LogP) is 1.38. The van der Waals surface area contributed by atoms with E-state index in [0.717, 1.165) is 24.7 Å². The van der Waals surface area contributed by atoms with Gasteiger partial charge in [0, 0.05) is 24.3 Å². The molecule has 5 nitrogen and oxygen atoms in total. The number of rotatable bonds is 2. The molecule has 5 heteroatoms. The van der Waals surface area contributed by atoms with E-state index in [-0.39, 0.29) is 0 Å². The zero-order chi connectivity index (χ0) is 13.2. The summed E-state index contributed by atoms with van der Waals surface area (Å²) in [6.45, 7) is 4.04. The monoisotopic (exact) mass is 257 g/mol. The Kier molecular flexibility index (Phi) is 3.34. The van der Waals surface area contributed by atoms with E-state index < -0.39 is 0 Å². The van der Waals surface area contributed by atoms with Gasteiger partial charge in [0.1, 0.15) is 11.8 Å². The Balaban J connectivity index is 1.87. The van der Waals surface area contributed by atoms with Gasteiger partial charge in [-0.25, -0.2) is 9.97 Å². The minimum Gasteiger partial charge on any atom is -0.336 e. The SMILES string of the molecule is Cc1cc(C#N)nc(N2CCCC2C2CCCN2)n1. The van der Waals surface area contributed by atoms with E-state index in [9.17, 15) is 0 Å². The Hall–Kier alpha value is -1.67. The number of aromatic nitrogens is 2. The summed E-state index contributed by atoms with van der Waals surface area (Å²) >= 11 is 0. The summed E-state index contributed by atoms with van der Waals surface area (Å²) in [5.41, 5.74) is 1.33. The van der Waals surface area contributed by atoms with Gasteiger partial charge in [0.25, 0.3) is 0 Å². The lowest BCUT2D eigenvalue weighted by molar-refractivity contribution is 0.478. The van der Waals surface area contributed by atoms with Crippen LogP contribution in [0.25, 0.3) is 0 Å². The minimum atomic E-state index is 0.465. The van der Waals surface area contributed by atoms with Crippen molar-refractivity contribution in [1.82, 2.24) is 15.3 Å². The molecule has 2 atom stereocenters. The molecule has 0 spiro atoms. The van der Waals surface area contributed by atoms with Crippen molar-refractivity contribution in [3.8, 4) is 6.07 Å². The van der Waals surface area contributed by atoms with Gasteiger partial charge in [-0.1, -0.05) is 0 Å². The lowest BCUT2D eigenvalue weighted by Gasteiger charge is -2.29. The molecule has 3 heterocycles. The van der Waals surface area contributed by atoms with Crippen LogP contribution in [0.5, 0.6) is 0 Å². The molecule has 2 fully saturated rings. The lowest BCUT2D eigenvalue weighted by atomic mass is 10.0. The summed E-state index contributed by atoms with van der Waals surface area (Å²) in [7, 11) is 0. The number of nitrogens with one attached hydrogen (secondary N) is 1. The van der Waals surface area contributed by atoms with E-state index in [4.69, 9.17) is 5.26 Å². The summed E-state index contributed by atoms with van der Waals surface area (Å²) in [4.78, 5) is 11.2. The molecule has 2 aliphatic rings. The first-order chi connectivity index (χ1) is 9.28. The fraction of sp³-hybridized carbons (Fsp3) is 0.643. The largest absolute Gasteiger partial charge is 0.336 e. The average molecular weight is 257 g/mol. The maximum Gasteiger partial charge on any atom is 0.227 e. The van der Waals surface area contributed by atoms with Gasteiger partial charge in [-0.05, 0) is 45.2 Å². The van der Waals surface area contributed by atoms with Gasteiger partial charge in [-0.2, -0.15) is 5.26 Å². The van der Waals surface area contributed by atoms with Crippen LogP contribution in [0.2, 0.25) is 0 Å². The molecule has 0 amide bonds. The molecule has 1 N–H and O–H groups in total. The highest BCUT2D eigenvalue weighted by Gasteiger charge is 2.34. The summed E-state index contributed by atoms with van der Waals surface area (Å²) in [6, 6.07) is 4.90. The Morgan fingerprint density at radius 2 is 2.26 bits per heavy atom. The van der Waals surface area contributed by atoms with Crippen LogP contribution in [0.15, 0.2) is 6.07 Å². The topological polar surface area (TPSA) is 64.8 Å². The van der Waals surface area contributed by atoms with Crippen molar-refractivity contribution < 1.29 is 0 Å². The van der Waals surface area contributed by atoms with Gasteiger partial charge in [0.2, 0.25) is 5.95 Å². The Labute approximate surface area is 113 Å². The van der Waals surface area contributed by atoms with Gasteiger partial charge in [0.05, 0.1) is 0 Å². The highest BCUT2D eigenvalue weighted by Crippen LogP contribution is 2.28. The fourth-order valence-corrected chi connectivity index (χ4v) is 3.24. The standard InChI is InChI=1S/C14H19N5/c1-10-8-11(9-15)18-14(17-10)19-7-3-5-13(19)12-4-2-6-16-12/h8,12-13,16H,2-7H2,1H3. The summed E-state index contributed by atoms with van der Waals surface area (Å²) in [5.74, 6) is 0.729. The summed E-state index contributed by atoms with van der Waals surface area (Å²) < 4.78 is 0. The van der Waals surface area contributed by atoms with Crippen LogP contribution in [-0.2, 0) is 0 Å². The Morgan fingerprint density at radius 3 is 3.00 bits per heavy atom. The van der Waals surface area contributed by atoms with Crippen LogP contribution in [0, 0.1) is 18.3 Å². The van der Waals surface area contributed by atoms with E-state index in [1.54, 1.807) is 6.07 Å². The molecule has 2 saturated heterocycles. The van der Waals surface area contributed by atoms with E-state index in [0.29, 0.717) is 17.8 Å². The van der Waals surface area contributed by atoms with Crippen LogP contribution >= 0.6 is 0 Å². The zero-order valence-corrected chi connectivity index (χ0v) is 11.3. The maximum absolute atomic E-state index is 9.04. The third-order valence-electron chi connectivity index (χ3n) is 4.08. The first kappa shape index (κ1) is 12.4. The number of nitrogens with zero attached hydrogens (tertiary/aromatic N) is 4. The van der Waals surface area contributed by atoms with E-state index in [1.807, 2.05) is 6.92 Å². The van der Waals surface area contributed by atoms with Crippen LogP contribution in [0.1, 0.15) is 37.1 Å². The molecule has 0 aliphatic carbocycles. The van der Waals surface area contributed by atoms with Crippen molar-refractivity contribution in [2.75, 3.05) is 18.0 Å². The predicted molar refractivity (Wildman–Crippen MR) is 72.9 cm³/mol. The van der Waals surface area contributed by atoms with Crippen LogP contribution < -0.4 is 10.2 Å². The van der Waals surface area contributed by atoms with E-state index in [2.05, 4.69) is 26.3 Å². The molecule has 2 unspecified atom stereocenters. The molecular formula is C14H19N5. The molecule has 1 aromatic rings. The maximum atomic E-state index is 9.04. The van der Waals surface area contributed by atoms with Crippen molar-refractivity contribution in [3.05, 3.63) is 17.5 Å². The quantitative estimate of drug-likeness (QED) is 0.867. The number of hydrogen-bond donors (Lipinski definition) is 1. The molecule has 3 rings (SSSR count). The van der Waals surface area contributed by atoms with Crippen molar-refractivity contribution in [3.63, 3.8) is 0 Å².